The van der Waals surface area contributed by atoms with E-state index in [0.717, 1.165) is 12.1 Å². The molecule has 1 aromatic rings. The number of nitrogens with zero attached hydrogens (tertiary/aromatic N) is 1. The molecular weight excluding hydrogens is 325 g/mol. The molecule has 3 rings (SSSR count). The van der Waals surface area contributed by atoms with Crippen molar-refractivity contribution in [2.24, 2.45) is 0 Å². The summed E-state index contributed by atoms with van der Waals surface area (Å²) in [5.41, 5.74) is -0.325. The fraction of sp³-hybridized carbons (Fsp3) is 0.562. The van der Waals surface area contributed by atoms with E-state index in [-0.39, 0.29) is 19.1 Å². The molecular formula is C16H19F3N2O3. The van der Waals surface area contributed by atoms with Gasteiger partial charge < -0.3 is 20.1 Å². The molecule has 1 amide bonds. The number of hydrogen-bond acceptors (Lipinski definition) is 4. The van der Waals surface area contributed by atoms with Gasteiger partial charge in [-0.25, -0.2) is 0 Å². The molecule has 24 heavy (non-hydrogen) atoms. The molecule has 2 N–H and O–H groups in total. The average Bonchev–Trinajstić information content (AvgIpc) is 3.00. The minimum atomic E-state index is -4.41. The maximum absolute atomic E-state index is 12.8. The summed E-state index contributed by atoms with van der Waals surface area (Å²) in [5.74, 6) is -0.146. The molecule has 0 spiro atoms. The number of morpholine rings is 1. The molecule has 3 atom stereocenters. The molecule has 0 aromatic heterocycles. The van der Waals surface area contributed by atoms with Gasteiger partial charge in [-0.05, 0) is 24.1 Å². The number of amides is 1. The van der Waals surface area contributed by atoms with Crippen molar-refractivity contribution in [1.82, 2.24) is 10.2 Å². The maximum Gasteiger partial charge on any atom is 0.416 e. The van der Waals surface area contributed by atoms with Gasteiger partial charge in [-0.1, -0.05) is 12.1 Å². The lowest BCUT2D eigenvalue weighted by Gasteiger charge is -2.34. The van der Waals surface area contributed by atoms with Gasteiger partial charge in [-0.3, -0.25) is 4.79 Å². The van der Waals surface area contributed by atoms with Crippen LogP contribution in [0.2, 0.25) is 0 Å². The minimum Gasteiger partial charge on any atom is -0.392 e. The van der Waals surface area contributed by atoms with Gasteiger partial charge in [0.2, 0.25) is 5.91 Å². The molecule has 1 aromatic carbocycles. The lowest BCUT2D eigenvalue weighted by Crippen LogP contribution is -2.49. The van der Waals surface area contributed by atoms with Crippen LogP contribution < -0.4 is 5.32 Å². The Labute approximate surface area is 137 Å². The highest BCUT2D eigenvalue weighted by Crippen LogP contribution is 2.32. The van der Waals surface area contributed by atoms with Crippen LogP contribution in [-0.2, 0) is 15.7 Å². The first-order valence-corrected chi connectivity index (χ1v) is 7.83. The summed E-state index contributed by atoms with van der Waals surface area (Å²) < 4.78 is 44.1. The van der Waals surface area contributed by atoms with E-state index in [1.165, 1.54) is 6.07 Å². The third-order valence-electron chi connectivity index (χ3n) is 4.37. The van der Waals surface area contributed by atoms with Gasteiger partial charge in [0.25, 0.3) is 0 Å². The van der Waals surface area contributed by atoms with E-state index in [1.54, 1.807) is 11.0 Å². The third kappa shape index (κ3) is 3.71. The molecule has 2 fully saturated rings. The van der Waals surface area contributed by atoms with E-state index in [9.17, 15) is 23.1 Å². The lowest BCUT2D eigenvalue weighted by atomic mass is 10.0. The molecule has 8 heteroatoms. The Morgan fingerprint density at radius 1 is 1.38 bits per heavy atom. The van der Waals surface area contributed by atoms with Gasteiger partial charge in [0, 0.05) is 13.1 Å². The number of nitrogens with one attached hydrogen (secondary N) is 1. The summed E-state index contributed by atoms with van der Waals surface area (Å²) in [5, 5.41) is 12.5. The molecule has 0 radical (unpaired) electrons. The van der Waals surface area contributed by atoms with Crippen molar-refractivity contribution in [3.63, 3.8) is 0 Å². The van der Waals surface area contributed by atoms with Gasteiger partial charge in [0.05, 0.1) is 30.9 Å². The Morgan fingerprint density at radius 2 is 2.17 bits per heavy atom. The number of β-amino-alcohol motifs (C(OH)–C–C–N with tert-alkyl or cyclic N) is 1. The van der Waals surface area contributed by atoms with Crippen molar-refractivity contribution < 1.29 is 27.8 Å². The van der Waals surface area contributed by atoms with Crippen molar-refractivity contribution in [3.8, 4) is 0 Å². The SMILES string of the molecule is O=C([C@@H]1C[C@H](O)CN1)N1CCO[C@H](c2cccc(C(F)(F)F)c2)C1. The molecule has 0 bridgehead atoms. The van der Waals surface area contributed by atoms with Crippen LogP contribution >= 0.6 is 0 Å². The van der Waals surface area contributed by atoms with Gasteiger partial charge >= 0.3 is 6.18 Å². The van der Waals surface area contributed by atoms with Crippen LogP contribution in [0.25, 0.3) is 0 Å². The summed E-state index contributed by atoms with van der Waals surface area (Å²) in [4.78, 5) is 14.1. The van der Waals surface area contributed by atoms with Crippen molar-refractivity contribution in [1.29, 1.82) is 0 Å². The van der Waals surface area contributed by atoms with Crippen LogP contribution in [0.4, 0.5) is 13.2 Å². The van der Waals surface area contributed by atoms with Crippen molar-refractivity contribution in [3.05, 3.63) is 35.4 Å². The number of aliphatic hydroxyl groups excluding tert-OH is 1. The number of carbonyl (C=O) groups excluding carboxylic acids is 1. The van der Waals surface area contributed by atoms with Gasteiger partial charge in [0.15, 0.2) is 0 Å². The van der Waals surface area contributed by atoms with E-state index >= 15 is 0 Å². The number of hydrogen-bond donors (Lipinski definition) is 2. The van der Waals surface area contributed by atoms with E-state index in [1.807, 2.05) is 0 Å². The molecule has 2 saturated heterocycles. The van der Waals surface area contributed by atoms with Crippen molar-refractivity contribution in [2.45, 2.75) is 30.8 Å². The molecule has 132 valence electrons. The largest absolute Gasteiger partial charge is 0.416 e. The summed E-state index contributed by atoms with van der Waals surface area (Å²) >= 11 is 0. The fourth-order valence-electron chi connectivity index (χ4n) is 3.09. The molecule has 0 aliphatic carbocycles. The zero-order chi connectivity index (χ0) is 17.3. The smallest absolute Gasteiger partial charge is 0.392 e. The Bertz CT molecular complexity index is 608. The zero-order valence-corrected chi connectivity index (χ0v) is 12.9. The number of alkyl halides is 3. The molecule has 5 nitrogen and oxygen atoms in total. The lowest BCUT2D eigenvalue weighted by molar-refractivity contribution is -0.142. The average molecular weight is 344 g/mol. The summed E-state index contributed by atoms with van der Waals surface area (Å²) in [6, 6.07) is 4.55. The monoisotopic (exact) mass is 344 g/mol. The molecule has 0 unspecified atom stereocenters. The van der Waals surface area contributed by atoms with Crippen LogP contribution in [0.15, 0.2) is 24.3 Å². The van der Waals surface area contributed by atoms with Crippen molar-refractivity contribution >= 4 is 5.91 Å². The first kappa shape index (κ1) is 17.2. The molecule has 2 aliphatic heterocycles. The first-order chi connectivity index (χ1) is 11.3. The van der Waals surface area contributed by atoms with E-state index in [2.05, 4.69) is 5.32 Å². The van der Waals surface area contributed by atoms with Gasteiger partial charge in [0.1, 0.15) is 6.10 Å². The second-order valence-corrected chi connectivity index (χ2v) is 6.12. The quantitative estimate of drug-likeness (QED) is 0.850. The third-order valence-corrected chi connectivity index (χ3v) is 4.37. The topological polar surface area (TPSA) is 61.8 Å². The predicted octanol–water partition coefficient (Wildman–Crippen LogP) is 1.33. The van der Waals surface area contributed by atoms with E-state index < -0.39 is 30.0 Å². The van der Waals surface area contributed by atoms with Crippen LogP contribution in [-0.4, -0.2) is 54.3 Å². The first-order valence-electron chi connectivity index (χ1n) is 7.83. The van der Waals surface area contributed by atoms with E-state index in [0.29, 0.717) is 25.1 Å². The standard InChI is InChI=1S/C16H19F3N2O3/c17-16(18,19)11-3-1-2-10(6-11)14-9-21(4-5-24-14)15(23)13-7-12(22)8-20-13/h1-3,6,12-14,20,22H,4-5,7-9H2/t12-,13-,14-/m0/s1. The number of ether oxygens (including phenoxy) is 1. The highest BCUT2D eigenvalue weighted by Gasteiger charge is 2.35. The number of rotatable bonds is 2. The second kappa shape index (κ2) is 6.70. The maximum atomic E-state index is 12.8. The van der Waals surface area contributed by atoms with Gasteiger partial charge in [-0.15, -0.1) is 0 Å². The molecule has 2 aliphatic rings. The second-order valence-electron chi connectivity index (χ2n) is 6.12. The molecule has 0 saturated carbocycles. The Kier molecular flexibility index (Phi) is 4.80. The highest BCUT2D eigenvalue weighted by atomic mass is 19.4. The molecule has 2 heterocycles. The van der Waals surface area contributed by atoms with Crippen LogP contribution in [0.5, 0.6) is 0 Å². The number of carbonyl (C=O) groups is 1. The summed E-state index contributed by atoms with van der Waals surface area (Å²) in [6.45, 7) is 1.23. The number of benzene rings is 1. The minimum absolute atomic E-state index is 0.146. The van der Waals surface area contributed by atoms with Crippen LogP contribution in [0, 0.1) is 0 Å². The van der Waals surface area contributed by atoms with E-state index in [4.69, 9.17) is 4.74 Å². The normalized spacial score (nSPS) is 28.2. The van der Waals surface area contributed by atoms with Gasteiger partial charge in [-0.2, -0.15) is 13.2 Å². The predicted molar refractivity (Wildman–Crippen MR) is 79.1 cm³/mol. The highest BCUT2D eigenvalue weighted by molar-refractivity contribution is 5.82. The van der Waals surface area contributed by atoms with Crippen LogP contribution in [0.3, 0.4) is 0 Å². The fourth-order valence-corrected chi connectivity index (χ4v) is 3.09. The van der Waals surface area contributed by atoms with Crippen LogP contribution in [0.1, 0.15) is 23.7 Å². The Hall–Kier alpha value is -1.64. The zero-order valence-electron chi connectivity index (χ0n) is 12.9. The van der Waals surface area contributed by atoms with Crippen molar-refractivity contribution in [2.75, 3.05) is 26.2 Å². The Morgan fingerprint density at radius 3 is 2.83 bits per heavy atom. The summed E-state index contributed by atoms with van der Waals surface area (Å²) in [7, 11) is 0. The summed E-state index contributed by atoms with van der Waals surface area (Å²) in [6.07, 6.45) is -5.19. The Balaban J connectivity index is 1.70. The number of halogens is 3. The number of aliphatic hydroxyl groups is 1.